The van der Waals surface area contributed by atoms with Gasteiger partial charge in [-0.1, -0.05) is 62.6 Å². The summed E-state index contributed by atoms with van der Waals surface area (Å²) >= 11 is 0. The van der Waals surface area contributed by atoms with Gasteiger partial charge in [0.25, 0.3) is 5.56 Å². The van der Waals surface area contributed by atoms with Gasteiger partial charge in [0.2, 0.25) is 0 Å². The smallest absolute Gasteiger partial charge is 0.252 e. The van der Waals surface area contributed by atoms with Crippen LogP contribution in [0.1, 0.15) is 79.6 Å². The van der Waals surface area contributed by atoms with Crippen molar-refractivity contribution in [3.8, 4) is 0 Å². The minimum atomic E-state index is -0.000542. The maximum Gasteiger partial charge on any atom is 0.252 e. The summed E-state index contributed by atoms with van der Waals surface area (Å²) in [7, 11) is 0. The second-order valence-corrected chi connectivity index (χ2v) is 10.6. The third-order valence-electron chi connectivity index (χ3n) is 7.81. The van der Waals surface area contributed by atoms with E-state index in [0.29, 0.717) is 12.6 Å². The lowest BCUT2D eigenvalue weighted by Gasteiger charge is -2.35. The van der Waals surface area contributed by atoms with Crippen LogP contribution in [-0.4, -0.2) is 36.1 Å². The van der Waals surface area contributed by atoms with Gasteiger partial charge in [-0.2, -0.15) is 0 Å². The quantitative estimate of drug-likeness (QED) is 0.305. The lowest BCUT2D eigenvalue weighted by molar-refractivity contribution is 0.108. The molecule has 4 aromatic rings. The average Bonchev–Trinajstić information content (AvgIpc) is 3.58. The van der Waals surface area contributed by atoms with Gasteiger partial charge in [0.15, 0.2) is 5.82 Å². The van der Waals surface area contributed by atoms with E-state index in [2.05, 4.69) is 88.6 Å². The van der Waals surface area contributed by atoms with Gasteiger partial charge in [0, 0.05) is 35.6 Å². The van der Waals surface area contributed by atoms with Crippen molar-refractivity contribution in [2.24, 2.45) is 0 Å². The van der Waals surface area contributed by atoms with Crippen LogP contribution in [0.3, 0.4) is 0 Å². The fourth-order valence-corrected chi connectivity index (χ4v) is 5.97. The van der Waals surface area contributed by atoms with E-state index in [1.807, 2.05) is 10.7 Å². The molecule has 2 aromatic heterocycles. The topological polar surface area (TPSA) is 79.7 Å². The Morgan fingerprint density at radius 1 is 1.11 bits per heavy atom. The number of nitrogens with one attached hydrogen (secondary N) is 1. The molecule has 0 saturated heterocycles. The first-order valence-electron chi connectivity index (χ1n) is 13.7. The molecule has 1 fully saturated rings. The van der Waals surface area contributed by atoms with Gasteiger partial charge in [-0.05, 0) is 78.8 Å². The summed E-state index contributed by atoms with van der Waals surface area (Å²) < 4.78 is 1.98. The molecule has 7 nitrogen and oxygen atoms in total. The molecule has 1 atom stereocenters. The summed E-state index contributed by atoms with van der Waals surface area (Å²) in [4.78, 5) is 19.0. The van der Waals surface area contributed by atoms with Crippen LogP contribution < -0.4 is 5.56 Å². The van der Waals surface area contributed by atoms with Crippen LogP contribution >= 0.6 is 0 Å². The molecule has 0 aliphatic heterocycles. The Labute approximate surface area is 218 Å². The molecule has 1 aliphatic carbocycles. The van der Waals surface area contributed by atoms with Crippen LogP contribution in [0.4, 0.5) is 0 Å². The number of tetrazole rings is 1. The van der Waals surface area contributed by atoms with E-state index in [4.69, 9.17) is 0 Å². The molecule has 0 amide bonds. The zero-order chi connectivity index (χ0) is 25.8. The number of fused-ring (bicyclic) bond motifs is 1. The van der Waals surface area contributed by atoms with Crippen LogP contribution in [0.15, 0.2) is 53.3 Å². The van der Waals surface area contributed by atoms with Gasteiger partial charge >= 0.3 is 0 Å². The molecule has 1 saturated carbocycles. The lowest BCUT2D eigenvalue weighted by Crippen LogP contribution is -2.39. The molecule has 1 N–H and O–H groups in total. The SMILES string of the molecule is CCCC(c1nnnn1CCc1ccccc1)N(Cc1cc2c(C)cc(C)cc2[nH]c1=O)C1CCCC1. The van der Waals surface area contributed by atoms with Gasteiger partial charge in [0.1, 0.15) is 0 Å². The van der Waals surface area contributed by atoms with E-state index >= 15 is 0 Å². The highest BCUT2D eigenvalue weighted by Crippen LogP contribution is 2.34. The maximum atomic E-state index is 13.3. The number of aryl methyl sites for hydroxylation is 4. The molecule has 2 heterocycles. The summed E-state index contributed by atoms with van der Waals surface area (Å²) in [5.41, 5.74) is 5.35. The van der Waals surface area contributed by atoms with Crippen molar-refractivity contribution in [2.75, 3.05) is 0 Å². The molecule has 5 rings (SSSR count). The van der Waals surface area contributed by atoms with E-state index in [1.54, 1.807) is 0 Å². The standard InChI is InChI=1S/C30H38N6O/c1-4-10-28(29-32-33-34-36(29)16-15-23-11-6-5-7-12-23)35(25-13-8-9-14-25)20-24-19-26-22(3)17-21(2)18-27(26)31-30(24)37/h5-7,11-12,17-19,25,28H,4,8-10,13-16,20H2,1-3H3,(H,31,37). The van der Waals surface area contributed by atoms with Gasteiger partial charge < -0.3 is 4.98 Å². The number of hydrogen-bond acceptors (Lipinski definition) is 5. The van der Waals surface area contributed by atoms with E-state index in [-0.39, 0.29) is 11.6 Å². The van der Waals surface area contributed by atoms with Gasteiger partial charge in [-0.3, -0.25) is 9.69 Å². The van der Waals surface area contributed by atoms with Crippen LogP contribution in [0.2, 0.25) is 0 Å². The fraction of sp³-hybridized carbons (Fsp3) is 0.467. The molecule has 1 aliphatic rings. The van der Waals surface area contributed by atoms with Gasteiger partial charge in [-0.25, -0.2) is 4.68 Å². The molecular formula is C30H38N6O. The van der Waals surface area contributed by atoms with Crippen LogP contribution in [0.5, 0.6) is 0 Å². The molecule has 37 heavy (non-hydrogen) atoms. The summed E-state index contributed by atoms with van der Waals surface area (Å²) in [5, 5.41) is 14.2. The maximum absolute atomic E-state index is 13.3. The van der Waals surface area contributed by atoms with E-state index in [1.165, 1.54) is 24.0 Å². The zero-order valence-electron chi connectivity index (χ0n) is 22.3. The highest BCUT2D eigenvalue weighted by Gasteiger charge is 2.33. The first kappa shape index (κ1) is 25.3. The highest BCUT2D eigenvalue weighted by atomic mass is 16.1. The molecule has 1 unspecified atom stereocenters. The van der Waals surface area contributed by atoms with Gasteiger partial charge in [-0.15, -0.1) is 5.10 Å². The molecule has 2 aromatic carbocycles. The van der Waals surface area contributed by atoms with Crippen LogP contribution in [-0.2, 0) is 19.5 Å². The van der Waals surface area contributed by atoms with Crippen molar-refractivity contribution >= 4 is 10.9 Å². The number of H-pyrrole nitrogens is 1. The van der Waals surface area contributed by atoms with Crippen LogP contribution in [0, 0.1) is 13.8 Å². The van der Waals surface area contributed by atoms with E-state index < -0.39 is 0 Å². The normalized spacial score (nSPS) is 15.1. The number of aromatic nitrogens is 5. The average molecular weight is 499 g/mol. The number of pyridine rings is 1. The minimum absolute atomic E-state index is 0.000542. The Kier molecular flexibility index (Phi) is 7.79. The molecule has 194 valence electrons. The molecule has 0 bridgehead atoms. The molecule has 0 radical (unpaired) electrons. The molecule has 0 spiro atoms. The third-order valence-corrected chi connectivity index (χ3v) is 7.81. The van der Waals surface area contributed by atoms with Crippen molar-refractivity contribution in [2.45, 2.75) is 90.9 Å². The van der Waals surface area contributed by atoms with Crippen molar-refractivity contribution < 1.29 is 0 Å². The number of aromatic amines is 1. The second kappa shape index (κ2) is 11.4. The van der Waals surface area contributed by atoms with Crippen molar-refractivity contribution in [1.29, 1.82) is 0 Å². The fourth-order valence-electron chi connectivity index (χ4n) is 5.97. The Bertz CT molecular complexity index is 1390. The predicted molar refractivity (Wildman–Crippen MR) is 147 cm³/mol. The Morgan fingerprint density at radius 3 is 2.65 bits per heavy atom. The Hall–Kier alpha value is -3.32. The van der Waals surface area contributed by atoms with Gasteiger partial charge in [0.05, 0.1) is 6.04 Å². The molecular weight excluding hydrogens is 460 g/mol. The number of benzene rings is 2. The molecule has 7 heteroatoms. The number of nitrogens with zero attached hydrogens (tertiary/aromatic N) is 5. The van der Waals surface area contributed by atoms with Crippen LogP contribution in [0.25, 0.3) is 10.9 Å². The van der Waals surface area contributed by atoms with Crippen molar-refractivity contribution in [1.82, 2.24) is 30.1 Å². The van der Waals surface area contributed by atoms with Crippen molar-refractivity contribution in [3.05, 3.63) is 87.0 Å². The predicted octanol–water partition coefficient (Wildman–Crippen LogP) is 5.66. The summed E-state index contributed by atoms with van der Waals surface area (Å²) in [5.74, 6) is 0.911. The largest absolute Gasteiger partial charge is 0.322 e. The van der Waals surface area contributed by atoms with E-state index in [0.717, 1.165) is 66.5 Å². The minimum Gasteiger partial charge on any atom is -0.322 e. The highest BCUT2D eigenvalue weighted by molar-refractivity contribution is 5.83. The van der Waals surface area contributed by atoms with E-state index in [9.17, 15) is 4.79 Å². The van der Waals surface area contributed by atoms with Crippen molar-refractivity contribution in [3.63, 3.8) is 0 Å². The Morgan fingerprint density at radius 2 is 1.89 bits per heavy atom. The first-order valence-corrected chi connectivity index (χ1v) is 13.7. The lowest BCUT2D eigenvalue weighted by atomic mass is 10.0. The number of hydrogen-bond donors (Lipinski definition) is 1. The Balaban J connectivity index is 1.48. The summed E-state index contributed by atoms with van der Waals surface area (Å²) in [6, 6.07) is 17.3. The monoisotopic (exact) mass is 498 g/mol. The third kappa shape index (κ3) is 5.67. The summed E-state index contributed by atoms with van der Waals surface area (Å²) in [6.07, 6.45) is 7.60. The number of rotatable bonds is 10. The zero-order valence-corrected chi connectivity index (χ0v) is 22.3. The second-order valence-electron chi connectivity index (χ2n) is 10.6. The summed E-state index contributed by atoms with van der Waals surface area (Å²) in [6.45, 7) is 7.73. The first-order chi connectivity index (χ1) is 18.0.